The lowest BCUT2D eigenvalue weighted by atomic mass is 10.0. The Morgan fingerprint density at radius 1 is 0.741 bits per heavy atom. The summed E-state index contributed by atoms with van der Waals surface area (Å²) in [6, 6.07) is 26.4. The van der Waals surface area contributed by atoms with Gasteiger partial charge in [-0.3, -0.25) is 9.59 Å². The molecule has 3 aromatic rings. The van der Waals surface area contributed by atoms with Gasteiger partial charge in [0.2, 0.25) is 0 Å². The average molecular weight is 377 g/mol. The van der Waals surface area contributed by atoms with E-state index in [1.165, 1.54) is 23.6 Å². The van der Waals surface area contributed by atoms with Crippen LogP contribution in [-0.4, -0.2) is 16.7 Å². The summed E-state index contributed by atoms with van der Waals surface area (Å²) in [5, 5.41) is -0.0222. The van der Waals surface area contributed by atoms with Crippen LogP contribution >= 0.6 is 11.8 Å². The summed E-state index contributed by atoms with van der Waals surface area (Å²) in [4.78, 5) is 22.2. The third-order valence-electron chi connectivity index (χ3n) is 3.91. The minimum Gasteiger partial charge on any atom is -0.293 e. The molecule has 0 amide bonds. The van der Waals surface area contributed by atoms with Crippen LogP contribution in [-0.2, 0) is 4.79 Å². The number of hydrogen-bond donors (Lipinski definition) is 0. The highest BCUT2D eigenvalue weighted by Crippen LogP contribution is 2.18. The van der Waals surface area contributed by atoms with Crippen molar-refractivity contribution in [3.8, 4) is 11.1 Å². The van der Waals surface area contributed by atoms with Crippen molar-refractivity contribution < 1.29 is 9.59 Å². The van der Waals surface area contributed by atoms with Gasteiger partial charge in [-0.2, -0.15) is 0 Å². The molecule has 0 bridgehead atoms. The van der Waals surface area contributed by atoms with Crippen LogP contribution in [0.4, 0.5) is 0 Å². The summed E-state index contributed by atoms with van der Waals surface area (Å²) in [5.41, 5.74) is 5.61. The second-order valence-electron chi connectivity index (χ2n) is 6.30. The fraction of sp³-hybridized carbons (Fsp3) is 0.167. The smallest absolute Gasteiger partial charge is 0.186 e. The third-order valence-corrected chi connectivity index (χ3v) is 4.72. The molecule has 0 aliphatic carbocycles. The third kappa shape index (κ3) is 7.24. The molecule has 138 valence electrons. The highest BCUT2D eigenvalue weighted by molar-refractivity contribution is 8.14. The Balaban J connectivity index is 0.000000194. The van der Waals surface area contributed by atoms with Crippen molar-refractivity contribution in [3.63, 3.8) is 0 Å². The number of thioether (sulfide) groups is 1. The maximum atomic E-state index is 11.5. The largest absolute Gasteiger partial charge is 0.293 e. The minimum absolute atomic E-state index is 0.00824. The molecular formula is C24H24O2S. The number of hydrogen-bond acceptors (Lipinski definition) is 3. The molecule has 0 aliphatic rings. The molecule has 27 heavy (non-hydrogen) atoms. The van der Waals surface area contributed by atoms with Gasteiger partial charge in [-0.25, -0.2) is 0 Å². The van der Waals surface area contributed by atoms with E-state index in [2.05, 4.69) is 55.5 Å². The molecule has 0 spiro atoms. The molecule has 0 heterocycles. The first-order valence-electron chi connectivity index (χ1n) is 8.81. The Morgan fingerprint density at radius 2 is 1.37 bits per heavy atom. The normalized spacial score (nSPS) is 9.89. The summed E-state index contributed by atoms with van der Waals surface area (Å²) in [5.74, 6) is 0.243. The van der Waals surface area contributed by atoms with E-state index in [0.717, 1.165) is 17.3 Å². The molecular weight excluding hydrogens is 352 g/mol. The number of rotatable bonds is 4. The first-order chi connectivity index (χ1) is 13.0. The Bertz CT molecular complexity index is 884. The molecule has 3 aromatic carbocycles. The Kier molecular flexibility index (Phi) is 8.02. The van der Waals surface area contributed by atoms with Crippen molar-refractivity contribution in [2.24, 2.45) is 0 Å². The molecule has 0 atom stereocenters. The number of carbonyl (C=O) groups excluding carboxylic acids is 2. The first-order valence-corrected chi connectivity index (χ1v) is 9.79. The van der Waals surface area contributed by atoms with Crippen LogP contribution in [0.15, 0.2) is 78.9 Å². The summed E-state index contributed by atoms with van der Waals surface area (Å²) in [6.45, 7) is 5.51. The molecule has 0 aliphatic heterocycles. The van der Waals surface area contributed by atoms with Crippen LogP contribution in [0.3, 0.4) is 0 Å². The lowest BCUT2D eigenvalue weighted by Crippen LogP contribution is -2.03. The first kappa shape index (κ1) is 20.7. The van der Waals surface area contributed by atoms with Crippen molar-refractivity contribution in [1.82, 2.24) is 0 Å². The van der Waals surface area contributed by atoms with Gasteiger partial charge in [0.05, 0.1) is 5.75 Å². The predicted molar refractivity (Wildman–Crippen MR) is 115 cm³/mol. The second kappa shape index (κ2) is 10.5. The van der Waals surface area contributed by atoms with Gasteiger partial charge in [-0.05, 0) is 31.0 Å². The molecule has 3 rings (SSSR count). The zero-order chi connectivity index (χ0) is 19.6. The van der Waals surface area contributed by atoms with Gasteiger partial charge in [-0.1, -0.05) is 95.7 Å². The van der Waals surface area contributed by atoms with Gasteiger partial charge >= 0.3 is 0 Å². The lowest BCUT2D eigenvalue weighted by Gasteiger charge is -2.00. The maximum absolute atomic E-state index is 11.5. The van der Waals surface area contributed by atoms with Crippen LogP contribution < -0.4 is 0 Å². The number of carbonyl (C=O) groups is 2. The van der Waals surface area contributed by atoms with Crippen LogP contribution in [0, 0.1) is 13.8 Å². The molecule has 0 fully saturated rings. The maximum Gasteiger partial charge on any atom is 0.186 e. The van der Waals surface area contributed by atoms with E-state index in [-0.39, 0.29) is 16.7 Å². The number of aryl methyl sites for hydroxylation is 2. The van der Waals surface area contributed by atoms with Crippen molar-refractivity contribution in [2.75, 3.05) is 5.75 Å². The summed E-state index contributed by atoms with van der Waals surface area (Å²) in [7, 11) is 0. The minimum atomic E-state index is -0.0222. The highest BCUT2D eigenvalue weighted by Gasteiger charge is 2.07. The molecule has 0 aromatic heterocycles. The molecule has 0 saturated carbocycles. The van der Waals surface area contributed by atoms with Gasteiger partial charge in [0.25, 0.3) is 0 Å². The summed E-state index contributed by atoms with van der Waals surface area (Å²) in [6.07, 6.45) is 0. The van der Waals surface area contributed by atoms with Gasteiger partial charge in [-0.15, -0.1) is 0 Å². The van der Waals surface area contributed by atoms with Gasteiger partial charge in [0, 0.05) is 12.5 Å². The SMILES string of the molecule is CC(=O)SCC(=O)c1cccc(C)c1.Cc1ccc(-c2ccccc2)cc1. The van der Waals surface area contributed by atoms with Gasteiger partial charge in [0.15, 0.2) is 10.9 Å². The van der Waals surface area contributed by atoms with Crippen LogP contribution in [0.2, 0.25) is 0 Å². The molecule has 2 nitrogen and oxygen atoms in total. The van der Waals surface area contributed by atoms with E-state index in [9.17, 15) is 9.59 Å². The van der Waals surface area contributed by atoms with E-state index in [1.807, 2.05) is 31.2 Å². The number of ketones is 1. The van der Waals surface area contributed by atoms with E-state index in [1.54, 1.807) is 6.07 Å². The Labute approximate surface area is 165 Å². The number of benzene rings is 3. The zero-order valence-corrected chi connectivity index (χ0v) is 16.8. The summed E-state index contributed by atoms with van der Waals surface area (Å²) >= 11 is 1.05. The van der Waals surface area contributed by atoms with E-state index in [4.69, 9.17) is 0 Å². The summed E-state index contributed by atoms with van der Waals surface area (Å²) < 4.78 is 0. The Hall–Kier alpha value is -2.65. The van der Waals surface area contributed by atoms with Crippen molar-refractivity contribution >= 4 is 22.7 Å². The van der Waals surface area contributed by atoms with Crippen LogP contribution in [0.5, 0.6) is 0 Å². The standard InChI is InChI=1S/C13H12.C11H12O2S/c1-11-7-9-13(10-8-11)12-5-3-2-4-6-12;1-8-4-3-5-10(6-8)11(13)7-14-9(2)12/h2-10H,1H3;3-6H,7H2,1-2H3. The lowest BCUT2D eigenvalue weighted by molar-refractivity contribution is -0.109. The quantitative estimate of drug-likeness (QED) is 0.514. The Morgan fingerprint density at radius 3 is 1.96 bits per heavy atom. The highest BCUT2D eigenvalue weighted by atomic mass is 32.2. The molecule has 0 unspecified atom stereocenters. The molecule has 0 N–H and O–H groups in total. The van der Waals surface area contributed by atoms with E-state index >= 15 is 0 Å². The fourth-order valence-electron chi connectivity index (χ4n) is 2.45. The van der Waals surface area contributed by atoms with Gasteiger partial charge in [0.1, 0.15) is 0 Å². The zero-order valence-electron chi connectivity index (χ0n) is 15.9. The second-order valence-corrected chi connectivity index (χ2v) is 7.46. The van der Waals surface area contributed by atoms with Gasteiger partial charge < -0.3 is 0 Å². The molecule has 0 saturated heterocycles. The van der Waals surface area contributed by atoms with E-state index < -0.39 is 0 Å². The van der Waals surface area contributed by atoms with Crippen molar-refractivity contribution in [3.05, 3.63) is 95.6 Å². The predicted octanol–water partition coefficient (Wildman–Crippen LogP) is 6.12. The van der Waals surface area contributed by atoms with Crippen LogP contribution in [0.1, 0.15) is 28.4 Å². The molecule has 0 radical (unpaired) electrons. The van der Waals surface area contributed by atoms with Crippen molar-refractivity contribution in [2.45, 2.75) is 20.8 Å². The monoisotopic (exact) mass is 376 g/mol. The van der Waals surface area contributed by atoms with E-state index in [0.29, 0.717) is 5.56 Å². The average Bonchev–Trinajstić information content (AvgIpc) is 2.68. The van der Waals surface area contributed by atoms with Crippen LogP contribution in [0.25, 0.3) is 11.1 Å². The van der Waals surface area contributed by atoms with Crippen molar-refractivity contribution in [1.29, 1.82) is 0 Å². The fourth-order valence-corrected chi connectivity index (χ4v) is 2.95. The number of Topliss-reactive ketones (excluding diaryl/α,β-unsaturated/α-hetero) is 1. The topological polar surface area (TPSA) is 34.1 Å². The molecule has 3 heteroatoms.